The summed E-state index contributed by atoms with van der Waals surface area (Å²) in [4.78, 5) is 12.4. The zero-order valence-corrected chi connectivity index (χ0v) is 17.0. The number of nitrogens with one attached hydrogen (secondary N) is 2. The molecule has 1 heterocycles. The molecule has 0 saturated heterocycles. The summed E-state index contributed by atoms with van der Waals surface area (Å²) in [6.45, 7) is 3.03. The first-order chi connectivity index (χ1) is 14.4. The van der Waals surface area contributed by atoms with Crippen LogP contribution in [-0.2, 0) is 6.18 Å². The molecule has 0 unspecified atom stereocenters. The van der Waals surface area contributed by atoms with Gasteiger partial charge in [0.1, 0.15) is 5.75 Å². The Labute approximate surface area is 173 Å². The highest BCUT2D eigenvalue weighted by Gasteiger charge is 2.39. The second-order valence-electron chi connectivity index (χ2n) is 7.30. The van der Waals surface area contributed by atoms with E-state index in [2.05, 4.69) is 15.7 Å². The van der Waals surface area contributed by atoms with E-state index in [1.54, 1.807) is 0 Å². The Bertz CT molecular complexity index is 828. The highest BCUT2D eigenvalue weighted by molar-refractivity contribution is 5.95. The van der Waals surface area contributed by atoms with Gasteiger partial charge >= 0.3 is 6.18 Å². The fourth-order valence-electron chi connectivity index (χ4n) is 3.61. The van der Waals surface area contributed by atoms with E-state index in [0.717, 1.165) is 43.5 Å². The van der Waals surface area contributed by atoms with Crippen molar-refractivity contribution in [2.24, 2.45) is 0 Å². The van der Waals surface area contributed by atoms with Crippen molar-refractivity contribution in [1.29, 1.82) is 0 Å². The van der Waals surface area contributed by atoms with Crippen molar-refractivity contribution in [2.45, 2.75) is 51.2 Å². The van der Waals surface area contributed by atoms with E-state index in [1.165, 1.54) is 10.9 Å². The first-order valence-electron chi connectivity index (χ1n) is 10.3. The Kier molecular flexibility index (Phi) is 7.23. The molecule has 0 radical (unpaired) electrons. The van der Waals surface area contributed by atoms with Crippen LogP contribution in [-0.4, -0.2) is 35.4 Å². The van der Waals surface area contributed by atoms with Gasteiger partial charge in [-0.1, -0.05) is 19.3 Å². The summed E-state index contributed by atoms with van der Waals surface area (Å²) in [6, 6.07) is 7.23. The van der Waals surface area contributed by atoms with E-state index in [9.17, 15) is 18.0 Å². The zero-order chi connectivity index (χ0) is 21.6. The van der Waals surface area contributed by atoms with Crippen molar-refractivity contribution >= 4 is 11.6 Å². The molecule has 164 valence electrons. The summed E-state index contributed by atoms with van der Waals surface area (Å²) in [5.41, 5.74) is -0.715. The van der Waals surface area contributed by atoms with Crippen molar-refractivity contribution in [2.75, 3.05) is 25.0 Å². The molecule has 9 heteroatoms. The molecule has 2 N–H and O–H groups in total. The van der Waals surface area contributed by atoms with E-state index in [1.807, 2.05) is 31.2 Å². The highest BCUT2D eigenvalue weighted by Crippen LogP contribution is 2.34. The molecule has 1 amide bonds. The third kappa shape index (κ3) is 5.67. The molecule has 30 heavy (non-hydrogen) atoms. The first-order valence-corrected chi connectivity index (χ1v) is 10.3. The van der Waals surface area contributed by atoms with Crippen LogP contribution in [0.5, 0.6) is 5.75 Å². The highest BCUT2D eigenvalue weighted by atomic mass is 19.4. The van der Waals surface area contributed by atoms with Crippen LogP contribution in [0.25, 0.3) is 0 Å². The SMILES string of the molecule is CCOc1ccc(NCCNC(=O)c2cn(C3CCCCC3)nc2C(F)(F)F)cc1. The smallest absolute Gasteiger partial charge is 0.435 e. The minimum Gasteiger partial charge on any atom is -0.494 e. The molecule has 1 aromatic heterocycles. The second-order valence-corrected chi connectivity index (χ2v) is 7.30. The van der Waals surface area contributed by atoms with Gasteiger partial charge < -0.3 is 15.4 Å². The van der Waals surface area contributed by atoms with Crippen LogP contribution in [0.1, 0.15) is 61.1 Å². The Hall–Kier alpha value is -2.71. The standard InChI is InChI=1S/C21H27F3N4O2/c1-2-30-17-10-8-15(9-11-17)25-12-13-26-20(29)18-14-28(16-6-4-3-5-7-16)27-19(18)21(22,23)24/h8-11,14,16,25H,2-7,12-13H2,1H3,(H,26,29). The maximum Gasteiger partial charge on any atom is 0.435 e. The average molecular weight is 424 g/mol. The first kappa shape index (κ1) is 22.0. The number of nitrogens with zero attached hydrogens (tertiary/aromatic N) is 2. The summed E-state index contributed by atoms with van der Waals surface area (Å²) >= 11 is 0. The number of hydrogen-bond donors (Lipinski definition) is 2. The Balaban J connectivity index is 1.58. The van der Waals surface area contributed by atoms with Crippen LogP contribution in [0.2, 0.25) is 0 Å². The van der Waals surface area contributed by atoms with Crippen LogP contribution < -0.4 is 15.4 Å². The number of halogens is 3. The number of ether oxygens (including phenoxy) is 1. The lowest BCUT2D eigenvalue weighted by Gasteiger charge is -2.21. The lowest BCUT2D eigenvalue weighted by atomic mass is 9.96. The van der Waals surface area contributed by atoms with E-state index in [4.69, 9.17) is 4.74 Å². The normalized spacial score (nSPS) is 15.1. The molecular weight excluding hydrogens is 397 g/mol. The van der Waals surface area contributed by atoms with Crippen molar-refractivity contribution in [3.05, 3.63) is 41.7 Å². The van der Waals surface area contributed by atoms with Gasteiger partial charge in [0, 0.05) is 25.0 Å². The van der Waals surface area contributed by atoms with Gasteiger partial charge in [0.25, 0.3) is 5.91 Å². The van der Waals surface area contributed by atoms with Gasteiger partial charge in [0.2, 0.25) is 0 Å². The lowest BCUT2D eigenvalue weighted by Crippen LogP contribution is -2.30. The summed E-state index contributed by atoms with van der Waals surface area (Å²) in [7, 11) is 0. The molecule has 0 spiro atoms. The van der Waals surface area contributed by atoms with Crippen LogP contribution >= 0.6 is 0 Å². The van der Waals surface area contributed by atoms with Gasteiger partial charge in [0.05, 0.1) is 18.2 Å². The van der Waals surface area contributed by atoms with Crippen molar-refractivity contribution in [3.8, 4) is 5.75 Å². The number of rotatable bonds is 8. The van der Waals surface area contributed by atoms with Gasteiger partial charge in [-0.05, 0) is 44.0 Å². The summed E-state index contributed by atoms with van der Waals surface area (Å²) in [6.07, 6.45) is 1.15. The van der Waals surface area contributed by atoms with E-state index >= 15 is 0 Å². The molecule has 6 nitrogen and oxygen atoms in total. The predicted octanol–water partition coefficient (Wildman–Crippen LogP) is 4.65. The molecule has 1 fully saturated rings. The number of amides is 1. The number of carbonyl (C=O) groups is 1. The third-order valence-corrected chi connectivity index (χ3v) is 5.10. The van der Waals surface area contributed by atoms with Crippen LogP contribution in [0.15, 0.2) is 30.5 Å². The summed E-state index contributed by atoms with van der Waals surface area (Å²) < 4.78 is 46.9. The third-order valence-electron chi connectivity index (χ3n) is 5.10. The molecule has 1 saturated carbocycles. The predicted molar refractivity (Wildman–Crippen MR) is 108 cm³/mol. The molecule has 0 aliphatic heterocycles. The maximum atomic E-state index is 13.4. The number of carbonyl (C=O) groups excluding carboxylic acids is 1. The molecule has 0 bridgehead atoms. The van der Waals surface area contributed by atoms with E-state index < -0.39 is 23.3 Å². The van der Waals surface area contributed by atoms with Crippen LogP contribution in [0, 0.1) is 0 Å². The fraction of sp³-hybridized carbons (Fsp3) is 0.524. The Morgan fingerprint density at radius 3 is 2.50 bits per heavy atom. The number of alkyl halides is 3. The molecule has 1 aliphatic carbocycles. The minimum absolute atomic E-state index is 0.0808. The second kappa shape index (κ2) is 9.86. The minimum atomic E-state index is -4.67. The van der Waals surface area contributed by atoms with Crippen LogP contribution in [0.4, 0.5) is 18.9 Å². The Morgan fingerprint density at radius 1 is 1.17 bits per heavy atom. The number of anilines is 1. The zero-order valence-electron chi connectivity index (χ0n) is 17.0. The number of hydrogen-bond acceptors (Lipinski definition) is 4. The molecule has 0 atom stereocenters. The van der Waals surface area contributed by atoms with Crippen molar-refractivity contribution < 1.29 is 22.7 Å². The number of benzene rings is 1. The topological polar surface area (TPSA) is 68.2 Å². The van der Waals surface area contributed by atoms with Crippen LogP contribution in [0.3, 0.4) is 0 Å². The molecule has 1 aliphatic rings. The van der Waals surface area contributed by atoms with E-state index in [0.29, 0.717) is 13.2 Å². The lowest BCUT2D eigenvalue weighted by molar-refractivity contribution is -0.141. The van der Waals surface area contributed by atoms with Gasteiger partial charge in [-0.3, -0.25) is 9.48 Å². The quantitative estimate of drug-likeness (QED) is 0.606. The van der Waals surface area contributed by atoms with Gasteiger partial charge in [-0.15, -0.1) is 0 Å². The van der Waals surface area contributed by atoms with Crippen molar-refractivity contribution in [3.63, 3.8) is 0 Å². The van der Waals surface area contributed by atoms with E-state index in [-0.39, 0.29) is 12.6 Å². The molecular formula is C21H27F3N4O2. The molecule has 3 rings (SSSR count). The summed E-state index contributed by atoms with van der Waals surface area (Å²) in [5, 5.41) is 9.39. The molecule has 1 aromatic carbocycles. The van der Waals surface area contributed by atoms with Crippen molar-refractivity contribution in [1.82, 2.24) is 15.1 Å². The van der Waals surface area contributed by atoms with Gasteiger partial charge in [-0.2, -0.15) is 18.3 Å². The van der Waals surface area contributed by atoms with Gasteiger partial charge in [0.15, 0.2) is 5.69 Å². The number of aromatic nitrogens is 2. The monoisotopic (exact) mass is 424 g/mol. The fourth-order valence-corrected chi connectivity index (χ4v) is 3.61. The largest absolute Gasteiger partial charge is 0.494 e. The maximum absolute atomic E-state index is 13.4. The Morgan fingerprint density at radius 2 is 1.87 bits per heavy atom. The molecule has 2 aromatic rings. The summed E-state index contributed by atoms with van der Waals surface area (Å²) in [5.74, 6) is -0.0103. The average Bonchev–Trinajstić information content (AvgIpc) is 3.19. The van der Waals surface area contributed by atoms with Gasteiger partial charge in [-0.25, -0.2) is 0 Å².